The lowest BCUT2D eigenvalue weighted by atomic mass is 10.0. The number of nitro groups is 1. The summed E-state index contributed by atoms with van der Waals surface area (Å²) in [5, 5.41) is 29.4. The molecule has 0 bridgehead atoms. The molecular formula is C13H12N2O8S. The van der Waals surface area contributed by atoms with Crippen LogP contribution in [-0.4, -0.2) is 45.1 Å². The van der Waals surface area contributed by atoms with Gasteiger partial charge in [-0.25, -0.2) is 0 Å². The van der Waals surface area contributed by atoms with Crippen LogP contribution in [-0.2, 0) is 10.1 Å². The summed E-state index contributed by atoms with van der Waals surface area (Å²) in [6.07, 6.45) is 3.52. The second-order valence-electron chi connectivity index (χ2n) is 4.42. The van der Waals surface area contributed by atoms with Crippen molar-refractivity contribution in [1.29, 1.82) is 0 Å². The van der Waals surface area contributed by atoms with Gasteiger partial charge in [-0.3, -0.25) is 24.4 Å². The number of benzene rings is 1. The first-order valence-electron chi connectivity index (χ1n) is 6.08. The highest BCUT2D eigenvalue weighted by molar-refractivity contribution is 7.85. The molecule has 1 heterocycles. The summed E-state index contributed by atoms with van der Waals surface area (Å²) in [5.41, 5.74) is -0.542. The number of rotatable bonds is 3. The third kappa shape index (κ3) is 5.62. The molecule has 0 amide bonds. The van der Waals surface area contributed by atoms with Gasteiger partial charge in [0.2, 0.25) is 5.75 Å². The number of pyridine rings is 1. The molecule has 2 aromatic rings. The van der Waals surface area contributed by atoms with Gasteiger partial charge in [0.15, 0.2) is 11.5 Å². The minimum absolute atomic E-state index is 0.0896. The van der Waals surface area contributed by atoms with Gasteiger partial charge < -0.3 is 10.2 Å². The van der Waals surface area contributed by atoms with E-state index in [1.165, 1.54) is 24.5 Å². The first-order valence-corrected chi connectivity index (χ1v) is 7.93. The molecule has 0 fully saturated rings. The van der Waals surface area contributed by atoms with Crippen molar-refractivity contribution in [2.75, 3.05) is 6.26 Å². The van der Waals surface area contributed by atoms with Crippen molar-refractivity contribution < 1.29 is 32.9 Å². The summed E-state index contributed by atoms with van der Waals surface area (Å²) in [6.45, 7) is 0. The number of phenols is 2. The highest BCUT2D eigenvalue weighted by Crippen LogP contribution is 2.36. The lowest BCUT2D eigenvalue weighted by Gasteiger charge is -2.04. The molecule has 0 spiro atoms. The maximum atomic E-state index is 12.0. The summed E-state index contributed by atoms with van der Waals surface area (Å²) >= 11 is 0. The molecule has 1 aromatic heterocycles. The molecule has 10 nitrogen and oxygen atoms in total. The zero-order chi connectivity index (χ0) is 18.5. The molecule has 11 heteroatoms. The van der Waals surface area contributed by atoms with E-state index in [0.29, 0.717) is 6.26 Å². The third-order valence-electron chi connectivity index (χ3n) is 2.47. The van der Waals surface area contributed by atoms with Crippen LogP contribution in [0.15, 0.2) is 36.7 Å². The van der Waals surface area contributed by atoms with Crippen molar-refractivity contribution in [1.82, 2.24) is 4.98 Å². The zero-order valence-corrected chi connectivity index (χ0v) is 13.0. The average molecular weight is 356 g/mol. The number of hydrogen-bond acceptors (Lipinski definition) is 8. The van der Waals surface area contributed by atoms with Crippen LogP contribution in [0.2, 0.25) is 0 Å². The summed E-state index contributed by atoms with van der Waals surface area (Å²) in [6, 6.07) is 4.78. The van der Waals surface area contributed by atoms with Gasteiger partial charge in [0.1, 0.15) is 0 Å². The lowest BCUT2D eigenvalue weighted by Crippen LogP contribution is -2.02. The van der Waals surface area contributed by atoms with Gasteiger partial charge in [-0.15, -0.1) is 0 Å². The quantitative estimate of drug-likeness (QED) is 0.240. The van der Waals surface area contributed by atoms with Crippen molar-refractivity contribution in [3.05, 3.63) is 57.9 Å². The number of ketones is 1. The largest absolute Gasteiger partial charge is 0.504 e. The summed E-state index contributed by atoms with van der Waals surface area (Å²) in [4.78, 5) is 25.6. The SMILES string of the molecule is CS(=O)(=O)O.O=C(c1ccncc1)c1cc(O)c(O)c([N+](=O)[O-])c1. The standard InChI is InChI=1S/C12H8N2O5.CH4O3S/c15-10-6-8(5-9(12(10)17)14(18)19)11(16)7-1-3-13-4-2-7;1-5(2,3)4/h1-6,15,17H;1H3,(H,2,3,4). The molecular weight excluding hydrogens is 344 g/mol. The van der Waals surface area contributed by atoms with Crippen LogP contribution >= 0.6 is 0 Å². The molecule has 0 aliphatic heterocycles. The minimum Gasteiger partial charge on any atom is -0.504 e. The van der Waals surface area contributed by atoms with Gasteiger partial charge in [-0.05, 0) is 18.2 Å². The molecule has 0 unspecified atom stereocenters. The van der Waals surface area contributed by atoms with E-state index < -0.39 is 38.0 Å². The maximum absolute atomic E-state index is 12.0. The number of nitro benzene ring substituents is 1. The van der Waals surface area contributed by atoms with Crippen molar-refractivity contribution in [2.45, 2.75) is 0 Å². The third-order valence-corrected chi connectivity index (χ3v) is 2.47. The Kier molecular flexibility index (Phi) is 5.92. The Bertz CT molecular complexity index is 857. The van der Waals surface area contributed by atoms with Gasteiger partial charge in [0, 0.05) is 29.6 Å². The van der Waals surface area contributed by atoms with Gasteiger partial charge >= 0.3 is 5.69 Å². The van der Waals surface area contributed by atoms with Gasteiger partial charge in [0.05, 0.1) is 11.2 Å². The van der Waals surface area contributed by atoms with Crippen molar-refractivity contribution in [3.63, 3.8) is 0 Å². The fourth-order valence-corrected chi connectivity index (χ4v) is 1.54. The molecule has 0 saturated carbocycles. The molecule has 0 atom stereocenters. The second kappa shape index (κ2) is 7.48. The summed E-state index contributed by atoms with van der Waals surface area (Å²) in [7, 11) is -3.67. The Morgan fingerprint density at radius 1 is 1.17 bits per heavy atom. The maximum Gasteiger partial charge on any atom is 0.315 e. The molecule has 0 saturated heterocycles. The van der Waals surface area contributed by atoms with Crippen molar-refractivity contribution >= 4 is 21.6 Å². The molecule has 1 aromatic carbocycles. The second-order valence-corrected chi connectivity index (χ2v) is 5.88. The Hall–Kier alpha value is -3.05. The number of aromatic nitrogens is 1. The van der Waals surface area contributed by atoms with Crippen LogP contribution in [0.5, 0.6) is 11.5 Å². The van der Waals surface area contributed by atoms with E-state index >= 15 is 0 Å². The molecule has 128 valence electrons. The fourth-order valence-electron chi connectivity index (χ4n) is 1.54. The predicted molar refractivity (Wildman–Crippen MR) is 81.6 cm³/mol. The monoisotopic (exact) mass is 356 g/mol. The van der Waals surface area contributed by atoms with E-state index in [4.69, 9.17) is 4.55 Å². The first-order chi connectivity index (χ1) is 11.0. The normalized spacial score (nSPS) is 10.4. The average Bonchev–Trinajstić information content (AvgIpc) is 2.48. The number of aromatic hydroxyl groups is 2. The Labute approximate surface area is 135 Å². The van der Waals surface area contributed by atoms with Crippen LogP contribution in [0.3, 0.4) is 0 Å². The van der Waals surface area contributed by atoms with Crippen LogP contribution in [0, 0.1) is 10.1 Å². The van der Waals surface area contributed by atoms with Crippen LogP contribution in [0.1, 0.15) is 15.9 Å². The Morgan fingerprint density at radius 2 is 1.67 bits per heavy atom. The van der Waals surface area contributed by atoms with Crippen LogP contribution < -0.4 is 0 Å². The zero-order valence-electron chi connectivity index (χ0n) is 12.1. The number of phenolic OH excluding ortho intramolecular Hbond substituents is 2. The number of nitrogens with zero attached hydrogens (tertiary/aromatic N) is 2. The Balaban J connectivity index is 0.000000505. The van der Waals surface area contributed by atoms with Crippen LogP contribution in [0.25, 0.3) is 0 Å². The number of carbonyl (C=O) groups excluding carboxylic acids is 1. The predicted octanol–water partition coefficient (Wildman–Crippen LogP) is 1.14. The fraction of sp³-hybridized carbons (Fsp3) is 0.0769. The molecule has 2 rings (SSSR count). The van der Waals surface area contributed by atoms with Gasteiger partial charge in [-0.1, -0.05) is 0 Å². The number of carbonyl (C=O) groups is 1. The molecule has 24 heavy (non-hydrogen) atoms. The lowest BCUT2D eigenvalue weighted by molar-refractivity contribution is -0.386. The van der Waals surface area contributed by atoms with E-state index in [9.17, 15) is 33.5 Å². The topological polar surface area (TPSA) is 168 Å². The van der Waals surface area contributed by atoms with E-state index in [2.05, 4.69) is 4.98 Å². The molecule has 3 N–H and O–H groups in total. The van der Waals surface area contributed by atoms with E-state index in [-0.39, 0.29) is 11.1 Å². The minimum atomic E-state index is -3.67. The smallest absolute Gasteiger partial charge is 0.315 e. The summed E-state index contributed by atoms with van der Waals surface area (Å²) in [5.74, 6) is -2.09. The van der Waals surface area contributed by atoms with Crippen molar-refractivity contribution in [3.8, 4) is 11.5 Å². The van der Waals surface area contributed by atoms with Crippen LogP contribution in [0.4, 0.5) is 5.69 Å². The van der Waals surface area contributed by atoms with Gasteiger partial charge in [-0.2, -0.15) is 8.42 Å². The molecule has 0 radical (unpaired) electrons. The highest BCUT2D eigenvalue weighted by atomic mass is 32.2. The molecule has 0 aliphatic carbocycles. The number of hydrogen-bond donors (Lipinski definition) is 3. The van der Waals surface area contributed by atoms with E-state index in [0.717, 1.165) is 12.1 Å². The van der Waals surface area contributed by atoms with E-state index in [1.54, 1.807) is 0 Å². The van der Waals surface area contributed by atoms with Crippen molar-refractivity contribution in [2.24, 2.45) is 0 Å². The Morgan fingerprint density at radius 3 is 2.12 bits per heavy atom. The van der Waals surface area contributed by atoms with E-state index in [1.807, 2.05) is 0 Å². The highest BCUT2D eigenvalue weighted by Gasteiger charge is 2.22. The molecule has 0 aliphatic rings. The first kappa shape index (κ1) is 19.0. The van der Waals surface area contributed by atoms with Gasteiger partial charge in [0.25, 0.3) is 10.1 Å². The summed E-state index contributed by atoms with van der Waals surface area (Å²) < 4.78 is 25.9.